The van der Waals surface area contributed by atoms with Crippen LogP contribution in [0.4, 0.5) is 0 Å². The molecule has 1 aromatic carbocycles. The largest absolute Gasteiger partial charge is 0.460 e. The van der Waals surface area contributed by atoms with E-state index in [4.69, 9.17) is 16.0 Å². The number of halogens is 1. The zero-order valence-corrected chi connectivity index (χ0v) is 13.4. The second-order valence-corrected chi connectivity index (χ2v) is 6.78. The van der Waals surface area contributed by atoms with Crippen LogP contribution in [0.1, 0.15) is 18.6 Å². The van der Waals surface area contributed by atoms with Gasteiger partial charge in [-0.25, -0.2) is 0 Å². The van der Waals surface area contributed by atoms with Crippen LogP contribution in [0.5, 0.6) is 0 Å². The molecule has 3 aliphatic rings. The Balaban J connectivity index is 1.41. The normalized spacial score (nSPS) is 27.2. The molecule has 0 radical (unpaired) electrons. The molecule has 22 heavy (non-hydrogen) atoms. The third-order valence-electron chi connectivity index (χ3n) is 5.00. The predicted molar refractivity (Wildman–Crippen MR) is 88.9 cm³/mol. The molecule has 0 amide bonds. The van der Waals surface area contributed by atoms with Gasteiger partial charge in [-0.15, -0.1) is 0 Å². The molecular weight excluding hydrogens is 296 g/mol. The Morgan fingerprint density at radius 2 is 1.95 bits per heavy atom. The number of nitrogens with one attached hydrogen (secondary N) is 1. The Hall–Kier alpha value is -1.29. The van der Waals surface area contributed by atoms with Crippen molar-refractivity contribution in [3.05, 3.63) is 47.2 Å². The molecule has 0 unspecified atom stereocenters. The smallest absolute Gasteiger partial charge is 0.135 e. The Morgan fingerprint density at radius 1 is 1.14 bits per heavy atom. The van der Waals surface area contributed by atoms with Gasteiger partial charge in [0.25, 0.3) is 0 Å². The molecule has 2 aromatic rings. The molecule has 3 aliphatic heterocycles. The van der Waals surface area contributed by atoms with Gasteiger partial charge in [0, 0.05) is 18.2 Å². The van der Waals surface area contributed by atoms with E-state index in [-0.39, 0.29) is 0 Å². The monoisotopic (exact) mass is 316 g/mol. The molecule has 4 heterocycles. The first kappa shape index (κ1) is 14.3. The van der Waals surface area contributed by atoms with Crippen LogP contribution in [0.15, 0.2) is 40.8 Å². The highest BCUT2D eigenvalue weighted by Gasteiger charge is 2.33. The van der Waals surface area contributed by atoms with Gasteiger partial charge in [0.2, 0.25) is 0 Å². The van der Waals surface area contributed by atoms with Crippen LogP contribution in [-0.2, 0) is 6.54 Å². The van der Waals surface area contributed by atoms with Crippen LogP contribution in [0, 0.1) is 5.92 Å². The molecule has 0 aliphatic carbocycles. The molecule has 3 saturated heterocycles. The van der Waals surface area contributed by atoms with E-state index >= 15 is 0 Å². The van der Waals surface area contributed by atoms with E-state index in [1.165, 1.54) is 32.5 Å². The molecule has 116 valence electrons. The first-order chi connectivity index (χ1) is 10.8. The van der Waals surface area contributed by atoms with Crippen molar-refractivity contribution < 1.29 is 4.42 Å². The lowest BCUT2D eigenvalue weighted by atomic mass is 9.84. The molecule has 3 nitrogen and oxygen atoms in total. The lowest BCUT2D eigenvalue weighted by Crippen LogP contribution is -2.55. The molecule has 1 N–H and O–H groups in total. The van der Waals surface area contributed by atoms with Crippen molar-refractivity contribution in [2.24, 2.45) is 5.92 Å². The van der Waals surface area contributed by atoms with E-state index in [9.17, 15) is 0 Å². The number of hydrogen-bond acceptors (Lipinski definition) is 3. The van der Waals surface area contributed by atoms with Crippen LogP contribution < -0.4 is 5.32 Å². The maximum Gasteiger partial charge on any atom is 0.135 e. The number of hydrogen-bond donors (Lipinski definition) is 1. The van der Waals surface area contributed by atoms with E-state index in [1.807, 2.05) is 36.4 Å². The molecule has 5 rings (SSSR count). The van der Waals surface area contributed by atoms with Gasteiger partial charge in [-0.2, -0.15) is 0 Å². The molecule has 1 atom stereocenters. The van der Waals surface area contributed by atoms with Gasteiger partial charge in [-0.05, 0) is 56.1 Å². The van der Waals surface area contributed by atoms with Gasteiger partial charge >= 0.3 is 0 Å². The number of benzene rings is 1. The quantitative estimate of drug-likeness (QED) is 0.930. The number of piperidine rings is 3. The summed E-state index contributed by atoms with van der Waals surface area (Å²) in [5, 5.41) is 4.41. The van der Waals surface area contributed by atoms with Gasteiger partial charge in [0.05, 0.1) is 11.6 Å². The van der Waals surface area contributed by atoms with Crippen molar-refractivity contribution in [1.29, 1.82) is 0 Å². The topological polar surface area (TPSA) is 28.4 Å². The summed E-state index contributed by atoms with van der Waals surface area (Å²) in [6, 6.07) is 12.5. The molecule has 1 aromatic heterocycles. The lowest BCUT2D eigenvalue weighted by molar-refractivity contribution is 0.0711. The molecule has 0 saturated carbocycles. The molecule has 4 heteroatoms. The highest BCUT2D eigenvalue weighted by molar-refractivity contribution is 6.33. The molecule has 3 fully saturated rings. The van der Waals surface area contributed by atoms with Gasteiger partial charge in [0.1, 0.15) is 11.5 Å². The Labute approximate surface area is 136 Å². The molecule has 0 spiro atoms. The van der Waals surface area contributed by atoms with E-state index in [0.29, 0.717) is 6.04 Å². The Morgan fingerprint density at radius 3 is 2.68 bits per heavy atom. The van der Waals surface area contributed by atoms with E-state index in [0.717, 1.165) is 34.6 Å². The van der Waals surface area contributed by atoms with Crippen LogP contribution in [0.3, 0.4) is 0 Å². The minimum absolute atomic E-state index is 0.608. The third kappa shape index (κ3) is 2.81. The third-order valence-corrected chi connectivity index (χ3v) is 5.33. The van der Waals surface area contributed by atoms with Crippen molar-refractivity contribution >= 4 is 11.6 Å². The van der Waals surface area contributed by atoms with Crippen molar-refractivity contribution in [2.75, 3.05) is 19.6 Å². The van der Waals surface area contributed by atoms with Crippen LogP contribution >= 0.6 is 11.6 Å². The predicted octanol–water partition coefficient (Wildman–Crippen LogP) is 3.78. The number of rotatable bonds is 4. The fourth-order valence-electron chi connectivity index (χ4n) is 3.71. The minimum atomic E-state index is 0.608. The molecular formula is C18H21ClN2O. The van der Waals surface area contributed by atoms with E-state index in [2.05, 4.69) is 10.2 Å². The number of fused-ring (bicyclic) bond motifs is 3. The summed E-state index contributed by atoms with van der Waals surface area (Å²) in [4.78, 5) is 2.56. The maximum atomic E-state index is 6.23. The second kappa shape index (κ2) is 6.07. The first-order valence-electron chi connectivity index (χ1n) is 8.09. The summed E-state index contributed by atoms with van der Waals surface area (Å²) in [5.41, 5.74) is 0.957. The summed E-state index contributed by atoms with van der Waals surface area (Å²) < 4.78 is 5.96. The average Bonchev–Trinajstić information content (AvgIpc) is 3.03. The highest BCUT2D eigenvalue weighted by Crippen LogP contribution is 2.30. The fraction of sp³-hybridized carbons (Fsp3) is 0.444. The van der Waals surface area contributed by atoms with Gasteiger partial charge in [-0.3, -0.25) is 0 Å². The summed E-state index contributed by atoms with van der Waals surface area (Å²) in [6.07, 6.45) is 2.67. The standard InChI is InChI=1S/C18H21ClN2O/c19-16-4-2-1-3-15(16)18-6-5-14(22-18)11-20-17-12-21-9-7-13(17)8-10-21/h1-6,13,17,20H,7-12H2/t17-/m1/s1. The van der Waals surface area contributed by atoms with Crippen LogP contribution in [-0.4, -0.2) is 30.6 Å². The Kier molecular flexibility index (Phi) is 3.95. The SMILES string of the molecule is Clc1ccccc1-c1ccc(CN[C@@H]2CN3CCC2CC3)o1. The zero-order valence-electron chi connectivity index (χ0n) is 12.6. The number of furan rings is 1. The van der Waals surface area contributed by atoms with Crippen molar-refractivity contribution in [3.63, 3.8) is 0 Å². The summed E-state index contributed by atoms with van der Waals surface area (Å²) in [6.45, 7) is 4.53. The summed E-state index contributed by atoms with van der Waals surface area (Å²) in [5.74, 6) is 2.66. The Bertz CT molecular complexity index is 646. The number of nitrogens with zero attached hydrogens (tertiary/aromatic N) is 1. The van der Waals surface area contributed by atoms with E-state index in [1.54, 1.807) is 0 Å². The van der Waals surface area contributed by atoms with E-state index < -0.39 is 0 Å². The molecule has 2 bridgehead atoms. The van der Waals surface area contributed by atoms with Crippen molar-refractivity contribution in [3.8, 4) is 11.3 Å². The highest BCUT2D eigenvalue weighted by atomic mass is 35.5. The summed E-state index contributed by atoms with van der Waals surface area (Å²) in [7, 11) is 0. The minimum Gasteiger partial charge on any atom is -0.460 e. The lowest BCUT2D eigenvalue weighted by Gasteiger charge is -2.45. The van der Waals surface area contributed by atoms with Gasteiger partial charge in [-0.1, -0.05) is 23.7 Å². The fourth-order valence-corrected chi connectivity index (χ4v) is 3.94. The zero-order chi connectivity index (χ0) is 14.9. The van der Waals surface area contributed by atoms with Crippen molar-refractivity contribution in [1.82, 2.24) is 10.2 Å². The van der Waals surface area contributed by atoms with Gasteiger partial charge in [0.15, 0.2) is 0 Å². The van der Waals surface area contributed by atoms with Crippen LogP contribution in [0.2, 0.25) is 5.02 Å². The first-order valence-corrected chi connectivity index (χ1v) is 8.47. The van der Waals surface area contributed by atoms with Crippen LogP contribution in [0.25, 0.3) is 11.3 Å². The maximum absolute atomic E-state index is 6.23. The van der Waals surface area contributed by atoms with Crippen molar-refractivity contribution in [2.45, 2.75) is 25.4 Å². The summed E-state index contributed by atoms with van der Waals surface area (Å²) >= 11 is 6.23. The average molecular weight is 317 g/mol. The van der Waals surface area contributed by atoms with Gasteiger partial charge < -0.3 is 14.6 Å². The second-order valence-electron chi connectivity index (χ2n) is 6.37.